The topological polar surface area (TPSA) is 212 Å². The number of carbonyl (C=O) groups excluding carboxylic acids is 5. The summed E-state index contributed by atoms with van der Waals surface area (Å²) in [4.78, 5) is 84.2. The van der Waals surface area contributed by atoms with Gasteiger partial charge in [-0.25, -0.2) is 4.57 Å². The lowest BCUT2D eigenvalue weighted by atomic mass is 9.98. The summed E-state index contributed by atoms with van der Waals surface area (Å²) in [5.41, 5.74) is 2.42. The van der Waals surface area contributed by atoms with Gasteiger partial charge in [0.05, 0.1) is 25.7 Å². The molecule has 4 heterocycles. The zero-order valence-electron chi connectivity index (χ0n) is 28.8. The monoisotopic (exact) mass is 702 g/mol. The standard InChI is InChI=1S/C35H43N9O7/c1-21(2)31-34(50)40-25(11-6-7-14-43-15-16-44-29(43)12-8-13-38-44)32(48)37-20-28(45)39-26(18-30(46)47)33(49)41-27(35(51)42(31)3)17-22-19-36-24-10-5-4-9-23(22)24/h4-5,8-10,12-13,15-16,19,21,25-27,31,36H,6-7,11,14,17-18,20H2,1-3H3,(H4-,37,39,40,41,45,46,47,48,49,50)/p+1/t25?,26?,27?,31-/m0/s1. The maximum absolute atomic E-state index is 14.2. The number of amides is 5. The molecule has 6 N–H and O–H groups in total. The summed E-state index contributed by atoms with van der Waals surface area (Å²) in [6.45, 7) is 3.59. The van der Waals surface area contributed by atoms with Crippen LogP contribution in [0.5, 0.6) is 0 Å². The zero-order chi connectivity index (χ0) is 36.7. The SMILES string of the molecule is CC(C)[C@H]1C(=O)NC(CCCCn2cc[n+]3ncccc23)C(=O)NCC(=O)NC(CC(=O)O)C(=O)NC(Cc2c[nH]c3ccccc23)C(=O)N1C. The zero-order valence-corrected chi connectivity index (χ0v) is 28.8. The highest BCUT2D eigenvalue weighted by Crippen LogP contribution is 2.21. The van der Waals surface area contributed by atoms with E-state index in [2.05, 4.69) is 31.3 Å². The molecule has 270 valence electrons. The molecule has 1 aromatic carbocycles. The van der Waals surface area contributed by atoms with Crippen molar-refractivity contribution in [3.05, 3.63) is 66.7 Å². The minimum atomic E-state index is -1.55. The Kier molecular flexibility index (Phi) is 11.6. The number of rotatable bonds is 10. The Bertz CT molecular complexity index is 1920. The number of carboxylic acids is 1. The predicted octanol–water partition coefficient (Wildman–Crippen LogP) is 0.0580. The van der Waals surface area contributed by atoms with Crippen LogP contribution in [-0.2, 0) is 41.7 Å². The van der Waals surface area contributed by atoms with E-state index < -0.39 is 78.6 Å². The highest BCUT2D eigenvalue weighted by atomic mass is 16.4. The molecule has 1 saturated heterocycles. The summed E-state index contributed by atoms with van der Waals surface area (Å²) in [5.74, 6) is -5.28. The summed E-state index contributed by atoms with van der Waals surface area (Å²) in [6.07, 6.45) is 7.82. The third-order valence-corrected chi connectivity index (χ3v) is 9.05. The van der Waals surface area contributed by atoms with Crippen LogP contribution in [0.1, 0.15) is 45.1 Å². The van der Waals surface area contributed by atoms with Crippen LogP contribution in [-0.4, -0.2) is 97.9 Å². The third kappa shape index (κ3) is 8.87. The van der Waals surface area contributed by atoms with E-state index in [1.807, 2.05) is 53.4 Å². The van der Waals surface area contributed by atoms with Gasteiger partial charge in [0.25, 0.3) is 0 Å². The van der Waals surface area contributed by atoms with Crippen LogP contribution < -0.4 is 25.8 Å². The Labute approximate surface area is 293 Å². The van der Waals surface area contributed by atoms with E-state index in [0.29, 0.717) is 24.9 Å². The Morgan fingerprint density at radius 3 is 2.49 bits per heavy atom. The molecule has 5 amide bonds. The molecule has 0 radical (unpaired) electrons. The molecular weight excluding hydrogens is 658 g/mol. The Morgan fingerprint density at radius 1 is 0.961 bits per heavy atom. The molecule has 1 aliphatic rings. The minimum Gasteiger partial charge on any atom is -0.481 e. The summed E-state index contributed by atoms with van der Waals surface area (Å²) in [5, 5.41) is 25.0. The maximum atomic E-state index is 14.2. The third-order valence-electron chi connectivity index (χ3n) is 9.05. The molecule has 16 nitrogen and oxygen atoms in total. The lowest BCUT2D eigenvalue weighted by Gasteiger charge is -2.34. The van der Waals surface area contributed by atoms with Crippen molar-refractivity contribution in [1.82, 2.24) is 40.8 Å². The van der Waals surface area contributed by atoms with Gasteiger partial charge in [-0.05, 0) is 42.9 Å². The maximum Gasteiger partial charge on any atom is 0.307 e. The molecule has 0 bridgehead atoms. The van der Waals surface area contributed by atoms with E-state index in [1.165, 1.54) is 11.9 Å². The number of likely N-dealkylation sites (N-methyl/N-ethyl adjacent to an activating group) is 1. The second kappa shape index (κ2) is 16.3. The van der Waals surface area contributed by atoms with Crippen LogP contribution in [0.15, 0.2) is 61.2 Å². The van der Waals surface area contributed by atoms with E-state index >= 15 is 0 Å². The number of H-pyrrole nitrogens is 1. The Hall–Kier alpha value is -5.80. The first-order valence-electron chi connectivity index (χ1n) is 17.0. The number of aryl methyl sites for hydroxylation is 1. The van der Waals surface area contributed by atoms with Crippen molar-refractivity contribution in [2.75, 3.05) is 13.6 Å². The second-order valence-electron chi connectivity index (χ2n) is 13.1. The molecule has 0 spiro atoms. The summed E-state index contributed by atoms with van der Waals surface area (Å²) < 4.78 is 3.77. The second-order valence-corrected chi connectivity index (χ2v) is 13.1. The van der Waals surface area contributed by atoms with Crippen molar-refractivity contribution in [3.8, 4) is 0 Å². The number of para-hydroxylation sites is 1. The molecule has 3 aromatic heterocycles. The van der Waals surface area contributed by atoms with Gasteiger partial charge in [0.1, 0.15) is 30.4 Å². The number of carbonyl (C=O) groups is 6. The molecule has 0 aliphatic carbocycles. The van der Waals surface area contributed by atoms with Crippen LogP contribution in [0.4, 0.5) is 0 Å². The quantitative estimate of drug-likeness (QED) is 0.0980. The van der Waals surface area contributed by atoms with Crippen LogP contribution in [0, 0.1) is 5.92 Å². The fourth-order valence-corrected chi connectivity index (χ4v) is 6.50. The molecule has 0 saturated carbocycles. The molecule has 1 aliphatic heterocycles. The Morgan fingerprint density at radius 2 is 1.73 bits per heavy atom. The number of carboxylic acid groups (broad SMARTS) is 1. The highest BCUT2D eigenvalue weighted by molar-refractivity contribution is 5.98. The molecule has 5 rings (SSSR count). The number of hydrogen-bond acceptors (Lipinski definition) is 7. The van der Waals surface area contributed by atoms with Crippen molar-refractivity contribution in [1.29, 1.82) is 0 Å². The largest absolute Gasteiger partial charge is 0.481 e. The van der Waals surface area contributed by atoms with Gasteiger partial charge in [-0.3, -0.25) is 28.8 Å². The first-order chi connectivity index (χ1) is 24.4. The average Bonchev–Trinajstić information content (AvgIpc) is 3.70. The number of fused-ring (bicyclic) bond motifs is 2. The summed E-state index contributed by atoms with van der Waals surface area (Å²) in [7, 11) is 1.46. The molecule has 4 aromatic rings. The van der Waals surface area contributed by atoms with Crippen molar-refractivity contribution < 1.29 is 38.4 Å². The van der Waals surface area contributed by atoms with E-state index in [-0.39, 0.29) is 12.8 Å². The fourth-order valence-electron chi connectivity index (χ4n) is 6.50. The minimum absolute atomic E-state index is 0.00696. The van der Waals surface area contributed by atoms with Crippen molar-refractivity contribution >= 4 is 52.1 Å². The fraction of sp³-hybridized carbons (Fsp3) is 0.429. The van der Waals surface area contributed by atoms with Crippen LogP contribution >= 0.6 is 0 Å². The number of nitrogens with one attached hydrogen (secondary N) is 5. The van der Waals surface area contributed by atoms with Gasteiger partial charge in [-0.1, -0.05) is 37.1 Å². The number of aromatic nitrogens is 4. The number of aliphatic carboxylic acids is 1. The lowest BCUT2D eigenvalue weighted by molar-refractivity contribution is -0.579. The van der Waals surface area contributed by atoms with Crippen molar-refractivity contribution in [2.45, 2.75) is 76.7 Å². The van der Waals surface area contributed by atoms with Gasteiger partial charge < -0.3 is 36.3 Å². The number of nitrogens with zero attached hydrogens (tertiary/aromatic N) is 4. The lowest BCUT2D eigenvalue weighted by Crippen LogP contribution is -2.59. The van der Waals surface area contributed by atoms with E-state index in [1.54, 1.807) is 30.8 Å². The predicted molar refractivity (Wildman–Crippen MR) is 184 cm³/mol. The average molecular weight is 703 g/mol. The van der Waals surface area contributed by atoms with Crippen LogP contribution in [0.2, 0.25) is 0 Å². The summed E-state index contributed by atoms with van der Waals surface area (Å²) in [6, 6.07) is 6.33. The van der Waals surface area contributed by atoms with E-state index in [9.17, 15) is 33.9 Å². The van der Waals surface area contributed by atoms with Crippen LogP contribution in [0.3, 0.4) is 0 Å². The van der Waals surface area contributed by atoms with Gasteiger partial charge in [0.15, 0.2) is 6.20 Å². The molecule has 16 heteroatoms. The first kappa shape index (κ1) is 36.5. The molecule has 51 heavy (non-hydrogen) atoms. The molecule has 1 fully saturated rings. The normalized spacial score (nSPS) is 21.2. The Balaban J connectivity index is 1.40. The number of imidazole rings is 1. The van der Waals surface area contributed by atoms with E-state index in [0.717, 1.165) is 16.6 Å². The number of unbranched alkanes of at least 4 members (excludes halogenated alkanes) is 1. The number of benzene rings is 1. The van der Waals surface area contributed by atoms with Gasteiger partial charge in [-0.2, -0.15) is 0 Å². The van der Waals surface area contributed by atoms with Crippen LogP contribution in [0.25, 0.3) is 16.6 Å². The van der Waals surface area contributed by atoms with Crippen molar-refractivity contribution in [3.63, 3.8) is 0 Å². The smallest absolute Gasteiger partial charge is 0.307 e. The number of aromatic amines is 1. The molecule has 3 unspecified atom stereocenters. The van der Waals surface area contributed by atoms with Gasteiger partial charge in [0.2, 0.25) is 29.5 Å². The molecule has 4 atom stereocenters. The van der Waals surface area contributed by atoms with Gasteiger partial charge in [-0.15, -0.1) is 4.52 Å². The molecular formula is C35H44N9O7+. The van der Waals surface area contributed by atoms with Crippen molar-refractivity contribution in [2.24, 2.45) is 5.92 Å². The number of hydrogen-bond donors (Lipinski definition) is 6. The van der Waals surface area contributed by atoms with Gasteiger partial charge >= 0.3 is 11.6 Å². The first-order valence-corrected chi connectivity index (χ1v) is 17.0. The highest BCUT2D eigenvalue weighted by Gasteiger charge is 2.37. The van der Waals surface area contributed by atoms with E-state index in [4.69, 9.17) is 0 Å². The van der Waals surface area contributed by atoms with Gasteiger partial charge in [0, 0.05) is 36.6 Å². The summed E-state index contributed by atoms with van der Waals surface area (Å²) >= 11 is 0.